The molecule has 112 valence electrons. The second-order valence-electron chi connectivity index (χ2n) is 6.02. The topological polar surface area (TPSA) is 41.0 Å². The van der Waals surface area contributed by atoms with E-state index in [1.807, 2.05) is 24.1 Å². The predicted molar refractivity (Wildman–Crippen MR) is 83.1 cm³/mol. The lowest BCUT2D eigenvalue weighted by molar-refractivity contribution is 0.420. The van der Waals surface area contributed by atoms with Crippen LogP contribution >= 0.6 is 0 Å². The summed E-state index contributed by atoms with van der Waals surface area (Å²) < 4.78 is 12.9. The molecule has 0 aliphatic carbocycles. The van der Waals surface area contributed by atoms with Crippen molar-refractivity contribution < 1.29 is 4.39 Å². The molecule has 1 aromatic heterocycles. The summed E-state index contributed by atoms with van der Waals surface area (Å²) in [5.41, 5.74) is 1.80. The molecule has 0 bridgehead atoms. The molecule has 5 heteroatoms. The van der Waals surface area contributed by atoms with Gasteiger partial charge in [-0.1, -0.05) is 0 Å². The Labute approximate surface area is 125 Å². The first kappa shape index (κ1) is 15.4. The molecule has 1 N–H and O–H groups in total. The Hall–Kier alpha value is -2.01. The van der Waals surface area contributed by atoms with Gasteiger partial charge >= 0.3 is 0 Å². The fourth-order valence-corrected chi connectivity index (χ4v) is 1.78. The highest BCUT2D eigenvalue weighted by molar-refractivity contribution is 5.58. The number of hydrogen-bond donors (Lipinski definition) is 1. The smallest absolute Gasteiger partial charge is 0.155 e. The maximum atomic E-state index is 12.9. The third-order valence-electron chi connectivity index (χ3n) is 3.06. The van der Waals surface area contributed by atoms with Gasteiger partial charge in [0.1, 0.15) is 5.82 Å². The second kappa shape index (κ2) is 6.18. The molecule has 21 heavy (non-hydrogen) atoms. The summed E-state index contributed by atoms with van der Waals surface area (Å²) in [6.07, 6.45) is 0. The molecule has 0 radical (unpaired) electrons. The Morgan fingerprint density at radius 2 is 1.71 bits per heavy atom. The fourth-order valence-electron chi connectivity index (χ4n) is 1.78. The summed E-state index contributed by atoms with van der Waals surface area (Å²) >= 11 is 0. The van der Waals surface area contributed by atoms with Crippen LogP contribution in [0.1, 0.15) is 26.5 Å². The first-order valence-corrected chi connectivity index (χ1v) is 6.92. The monoisotopic (exact) mass is 288 g/mol. The highest BCUT2D eigenvalue weighted by atomic mass is 19.1. The van der Waals surface area contributed by atoms with Crippen molar-refractivity contribution in [3.05, 3.63) is 47.9 Å². The van der Waals surface area contributed by atoms with Crippen molar-refractivity contribution in [2.24, 2.45) is 0 Å². The lowest BCUT2D eigenvalue weighted by atomic mass is 10.1. The van der Waals surface area contributed by atoms with Crippen LogP contribution in [-0.2, 0) is 6.54 Å². The van der Waals surface area contributed by atoms with Crippen LogP contribution in [0.15, 0.2) is 36.4 Å². The van der Waals surface area contributed by atoms with Crippen LogP contribution < -0.4 is 10.2 Å². The SMILES string of the molecule is CN(c1ccc(F)cc1)c1ccc(CNC(C)(C)C)nn1. The average Bonchev–Trinajstić information content (AvgIpc) is 2.45. The summed E-state index contributed by atoms with van der Waals surface area (Å²) in [5, 5.41) is 11.8. The Morgan fingerprint density at radius 3 is 2.24 bits per heavy atom. The summed E-state index contributed by atoms with van der Waals surface area (Å²) in [6, 6.07) is 10.1. The van der Waals surface area contributed by atoms with E-state index >= 15 is 0 Å². The second-order valence-corrected chi connectivity index (χ2v) is 6.02. The zero-order valence-corrected chi connectivity index (χ0v) is 12.9. The molecule has 0 spiro atoms. The maximum Gasteiger partial charge on any atom is 0.155 e. The Balaban J connectivity index is 2.06. The van der Waals surface area contributed by atoms with Gasteiger partial charge in [-0.3, -0.25) is 0 Å². The third-order valence-corrected chi connectivity index (χ3v) is 3.06. The number of hydrogen-bond acceptors (Lipinski definition) is 4. The van der Waals surface area contributed by atoms with Crippen molar-refractivity contribution in [3.8, 4) is 0 Å². The van der Waals surface area contributed by atoms with E-state index in [1.165, 1.54) is 12.1 Å². The highest BCUT2D eigenvalue weighted by Gasteiger charge is 2.10. The molecule has 2 rings (SSSR count). The number of nitrogens with one attached hydrogen (secondary N) is 1. The highest BCUT2D eigenvalue weighted by Crippen LogP contribution is 2.21. The van der Waals surface area contributed by atoms with Gasteiger partial charge in [-0.25, -0.2) is 4.39 Å². The van der Waals surface area contributed by atoms with Gasteiger partial charge in [-0.2, -0.15) is 5.10 Å². The van der Waals surface area contributed by atoms with Crippen LogP contribution in [0.3, 0.4) is 0 Å². The summed E-state index contributed by atoms with van der Waals surface area (Å²) in [6.45, 7) is 7.00. The van der Waals surface area contributed by atoms with Gasteiger partial charge in [0.2, 0.25) is 0 Å². The van der Waals surface area contributed by atoms with E-state index in [1.54, 1.807) is 12.1 Å². The Morgan fingerprint density at radius 1 is 1.05 bits per heavy atom. The van der Waals surface area contributed by atoms with Crippen molar-refractivity contribution >= 4 is 11.5 Å². The van der Waals surface area contributed by atoms with Gasteiger partial charge in [-0.15, -0.1) is 5.10 Å². The summed E-state index contributed by atoms with van der Waals surface area (Å²) in [5.74, 6) is 0.475. The summed E-state index contributed by atoms with van der Waals surface area (Å²) in [7, 11) is 1.88. The van der Waals surface area contributed by atoms with Gasteiger partial charge in [0.25, 0.3) is 0 Å². The Bertz CT molecular complexity index is 573. The molecule has 0 aliphatic heterocycles. The molecule has 1 heterocycles. The van der Waals surface area contributed by atoms with Crippen molar-refractivity contribution in [2.45, 2.75) is 32.9 Å². The van der Waals surface area contributed by atoms with E-state index in [2.05, 4.69) is 36.3 Å². The molecule has 0 amide bonds. The molecule has 2 aromatic rings. The zero-order chi connectivity index (χ0) is 15.5. The van der Waals surface area contributed by atoms with Gasteiger partial charge in [-0.05, 0) is 57.2 Å². The molecule has 4 nitrogen and oxygen atoms in total. The predicted octanol–water partition coefficient (Wildman–Crippen LogP) is 3.27. The van der Waals surface area contributed by atoms with Crippen LogP contribution in [-0.4, -0.2) is 22.8 Å². The molecule has 1 aromatic carbocycles. The average molecular weight is 288 g/mol. The molecule has 0 saturated heterocycles. The van der Waals surface area contributed by atoms with Crippen LogP contribution in [0.5, 0.6) is 0 Å². The van der Waals surface area contributed by atoms with E-state index < -0.39 is 0 Å². The molecule has 0 fully saturated rings. The minimum absolute atomic E-state index is 0.0469. The molecular weight excluding hydrogens is 267 g/mol. The van der Waals surface area contributed by atoms with Crippen LogP contribution in [0.25, 0.3) is 0 Å². The largest absolute Gasteiger partial charge is 0.328 e. The number of halogens is 1. The third kappa shape index (κ3) is 4.49. The van der Waals surface area contributed by atoms with E-state index in [0.717, 1.165) is 17.2 Å². The molecular formula is C16H21FN4. The van der Waals surface area contributed by atoms with Crippen LogP contribution in [0.2, 0.25) is 0 Å². The molecule has 0 unspecified atom stereocenters. The number of aromatic nitrogens is 2. The van der Waals surface area contributed by atoms with Crippen molar-refractivity contribution in [3.63, 3.8) is 0 Å². The van der Waals surface area contributed by atoms with E-state index in [9.17, 15) is 4.39 Å². The van der Waals surface area contributed by atoms with Gasteiger partial charge < -0.3 is 10.2 Å². The normalized spacial score (nSPS) is 11.5. The number of nitrogens with zero attached hydrogens (tertiary/aromatic N) is 3. The van der Waals surface area contributed by atoms with E-state index in [0.29, 0.717) is 6.54 Å². The molecule has 0 saturated carbocycles. The minimum Gasteiger partial charge on any atom is -0.328 e. The minimum atomic E-state index is -0.248. The van der Waals surface area contributed by atoms with Gasteiger partial charge in [0, 0.05) is 24.8 Å². The maximum absolute atomic E-state index is 12.9. The van der Waals surface area contributed by atoms with Crippen molar-refractivity contribution in [2.75, 3.05) is 11.9 Å². The number of rotatable bonds is 4. The lowest BCUT2D eigenvalue weighted by Crippen LogP contribution is -2.35. The first-order chi connectivity index (χ1) is 9.85. The van der Waals surface area contributed by atoms with E-state index in [4.69, 9.17) is 0 Å². The van der Waals surface area contributed by atoms with Gasteiger partial charge in [0.15, 0.2) is 5.82 Å². The molecule has 0 aliphatic rings. The van der Waals surface area contributed by atoms with Crippen LogP contribution in [0.4, 0.5) is 15.9 Å². The lowest BCUT2D eigenvalue weighted by Gasteiger charge is -2.20. The van der Waals surface area contributed by atoms with Crippen molar-refractivity contribution in [1.82, 2.24) is 15.5 Å². The quantitative estimate of drug-likeness (QED) is 0.937. The summed E-state index contributed by atoms with van der Waals surface area (Å²) in [4.78, 5) is 1.87. The number of benzene rings is 1. The van der Waals surface area contributed by atoms with Gasteiger partial charge in [0.05, 0.1) is 5.69 Å². The zero-order valence-electron chi connectivity index (χ0n) is 12.9. The van der Waals surface area contributed by atoms with Crippen molar-refractivity contribution in [1.29, 1.82) is 0 Å². The Kier molecular flexibility index (Phi) is 4.53. The van der Waals surface area contributed by atoms with Crippen LogP contribution in [0, 0.1) is 5.82 Å². The number of anilines is 2. The van der Waals surface area contributed by atoms with E-state index in [-0.39, 0.29) is 11.4 Å². The standard InChI is InChI=1S/C16H21FN4/c1-16(2,3)18-11-13-7-10-15(20-19-13)21(4)14-8-5-12(17)6-9-14/h5-10,18H,11H2,1-4H3. The molecule has 0 atom stereocenters. The fraction of sp³-hybridized carbons (Fsp3) is 0.375. The first-order valence-electron chi connectivity index (χ1n) is 6.92.